The van der Waals surface area contributed by atoms with Gasteiger partial charge < -0.3 is 24.4 Å². The lowest BCUT2D eigenvalue weighted by Crippen LogP contribution is -2.40. The van der Waals surface area contributed by atoms with Crippen molar-refractivity contribution in [3.63, 3.8) is 0 Å². The van der Waals surface area contributed by atoms with Crippen molar-refractivity contribution in [2.45, 2.75) is 37.9 Å². The number of carbonyl (C=O) groups is 1. The molecule has 0 spiro atoms. The van der Waals surface area contributed by atoms with Gasteiger partial charge in [0.15, 0.2) is 5.60 Å². The third-order valence-electron chi connectivity index (χ3n) is 4.90. The molecule has 7 heteroatoms. The number of halogens is 1. The van der Waals surface area contributed by atoms with Gasteiger partial charge >= 0.3 is 5.97 Å². The van der Waals surface area contributed by atoms with Crippen molar-refractivity contribution in [2.24, 2.45) is 0 Å². The van der Waals surface area contributed by atoms with Gasteiger partial charge in [-0.1, -0.05) is 23.7 Å². The van der Waals surface area contributed by atoms with Crippen LogP contribution in [-0.4, -0.2) is 47.7 Å². The van der Waals surface area contributed by atoms with Crippen molar-refractivity contribution < 1.29 is 29.2 Å². The van der Waals surface area contributed by atoms with Gasteiger partial charge in [-0.25, -0.2) is 4.79 Å². The number of aryl methyl sites for hydroxylation is 1. The van der Waals surface area contributed by atoms with Crippen LogP contribution in [0.1, 0.15) is 24.0 Å². The maximum Gasteiger partial charge on any atom is 0.336 e. The van der Waals surface area contributed by atoms with Gasteiger partial charge in [0.1, 0.15) is 30.8 Å². The normalized spacial score (nSPS) is 19.7. The van der Waals surface area contributed by atoms with E-state index >= 15 is 0 Å². The molecule has 6 nitrogen and oxygen atoms in total. The molecule has 0 bridgehead atoms. The second kappa shape index (κ2) is 9.48. The van der Waals surface area contributed by atoms with Gasteiger partial charge in [-0.05, 0) is 61.2 Å². The fourth-order valence-corrected chi connectivity index (χ4v) is 3.41. The smallest absolute Gasteiger partial charge is 0.336 e. The van der Waals surface area contributed by atoms with Crippen LogP contribution in [0.25, 0.3) is 0 Å². The Hall–Kier alpha value is -2.28. The molecule has 1 aliphatic heterocycles. The summed E-state index contributed by atoms with van der Waals surface area (Å²) in [7, 11) is 0. The number of rotatable bonds is 9. The van der Waals surface area contributed by atoms with Crippen LogP contribution in [0.3, 0.4) is 0 Å². The predicted octanol–water partition coefficient (Wildman–Crippen LogP) is 3.64. The number of hydrogen-bond donors (Lipinski definition) is 2. The number of ether oxygens (including phenoxy) is 3. The second-order valence-corrected chi connectivity index (χ2v) is 7.67. The Morgan fingerprint density at radius 3 is 2.55 bits per heavy atom. The fourth-order valence-electron chi connectivity index (χ4n) is 3.30. The summed E-state index contributed by atoms with van der Waals surface area (Å²) in [4.78, 5) is 11.6. The summed E-state index contributed by atoms with van der Waals surface area (Å²) < 4.78 is 16.8. The number of carboxylic acid groups (broad SMARTS) is 1. The molecule has 2 aromatic carbocycles. The lowest BCUT2D eigenvalue weighted by Gasteiger charge is -2.23. The Kier molecular flexibility index (Phi) is 7.00. The third-order valence-corrected chi connectivity index (χ3v) is 5.32. The Morgan fingerprint density at radius 1 is 1.21 bits per heavy atom. The van der Waals surface area contributed by atoms with Crippen molar-refractivity contribution >= 4 is 17.6 Å². The number of aliphatic hydroxyl groups is 1. The van der Waals surface area contributed by atoms with Gasteiger partial charge in [0.2, 0.25) is 0 Å². The van der Waals surface area contributed by atoms with Crippen LogP contribution in [0.15, 0.2) is 42.5 Å². The van der Waals surface area contributed by atoms with Crippen LogP contribution in [0.4, 0.5) is 0 Å². The quantitative estimate of drug-likeness (QED) is 0.644. The van der Waals surface area contributed by atoms with Crippen LogP contribution >= 0.6 is 11.6 Å². The monoisotopic (exact) mass is 420 g/mol. The summed E-state index contributed by atoms with van der Waals surface area (Å²) in [5.74, 6) is 0.247. The van der Waals surface area contributed by atoms with Crippen molar-refractivity contribution in [3.05, 3.63) is 58.6 Å². The molecule has 1 aliphatic rings. The zero-order valence-electron chi connectivity index (χ0n) is 16.3. The average molecular weight is 421 g/mol. The Balaban J connectivity index is 1.52. The van der Waals surface area contributed by atoms with Crippen LogP contribution in [0.2, 0.25) is 5.02 Å². The molecule has 1 fully saturated rings. The molecular weight excluding hydrogens is 396 g/mol. The van der Waals surface area contributed by atoms with E-state index in [1.165, 1.54) is 0 Å². The third kappa shape index (κ3) is 5.63. The highest BCUT2D eigenvalue weighted by molar-refractivity contribution is 6.31. The van der Waals surface area contributed by atoms with Gasteiger partial charge in [0, 0.05) is 18.1 Å². The van der Waals surface area contributed by atoms with E-state index in [4.69, 9.17) is 25.8 Å². The summed E-state index contributed by atoms with van der Waals surface area (Å²) in [6.07, 6.45) is 0.689. The molecule has 1 unspecified atom stereocenters. The van der Waals surface area contributed by atoms with Crippen LogP contribution in [-0.2, 0) is 16.0 Å². The molecule has 29 heavy (non-hydrogen) atoms. The largest absolute Gasteiger partial charge is 0.491 e. The van der Waals surface area contributed by atoms with E-state index in [-0.39, 0.29) is 19.6 Å². The molecule has 1 heterocycles. The minimum Gasteiger partial charge on any atom is -0.491 e. The van der Waals surface area contributed by atoms with E-state index in [0.717, 1.165) is 17.5 Å². The van der Waals surface area contributed by atoms with E-state index in [2.05, 4.69) is 0 Å². The minimum absolute atomic E-state index is 0.0522. The first kappa shape index (κ1) is 21.4. The summed E-state index contributed by atoms with van der Waals surface area (Å²) in [6, 6.07) is 12.5. The SMILES string of the molecule is Cc1cc(OC[C@H](O)COc2cccc(CC3(C(=O)O)CCCO3)c2)ccc1Cl. The van der Waals surface area contributed by atoms with Crippen molar-refractivity contribution in [2.75, 3.05) is 19.8 Å². The summed E-state index contributed by atoms with van der Waals surface area (Å²) in [5.41, 5.74) is 0.550. The first-order chi connectivity index (χ1) is 13.9. The van der Waals surface area contributed by atoms with E-state index < -0.39 is 17.7 Å². The van der Waals surface area contributed by atoms with E-state index in [9.17, 15) is 15.0 Å². The highest BCUT2D eigenvalue weighted by atomic mass is 35.5. The van der Waals surface area contributed by atoms with Crippen LogP contribution < -0.4 is 9.47 Å². The van der Waals surface area contributed by atoms with Crippen molar-refractivity contribution in [3.8, 4) is 11.5 Å². The summed E-state index contributed by atoms with van der Waals surface area (Å²) in [5, 5.41) is 20.3. The number of aliphatic carboxylic acids is 1. The number of aliphatic hydroxyl groups excluding tert-OH is 1. The molecule has 0 radical (unpaired) electrons. The highest BCUT2D eigenvalue weighted by Gasteiger charge is 2.42. The van der Waals surface area contributed by atoms with Crippen LogP contribution in [0.5, 0.6) is 11.5 Å². The first-order valence-corrected chi connectivity index (χ1v) is 9.92. The fraction of sp³-hybridized carbons (Fsp3) is 0.409. The second-order valence-electron chi connectivity index (χ2n) is 7.26. The van der Waals surface area contributed by atoms with Gasteiger partial charge in [-0.3, -0.25) is 0 Å². The molecule has 0 amide bonds. The van der Waals surface area contributed by atoms with E-state index in [0.29, 0.717) is 29.5 Å². The van der Waals surface area contributed by atoms with Gasteiger partial charge in [-0.2, -0.15) is 0 Å². The maximum atomic E-state index is 11.6. The molecule has 3 rings (SSSR count). The maximum absolute atomic E-state index is 11.6. The Labute approximate surface area is 175 Å². The zero-order chi connectivity index (χ0) is 20.9. The van der Waals surface area contributed by atoms with Crippen LogP contribution in [0, 0.1) is 6.92 Å². The molecule has 156 valence electrons. The summed E-state index contributed by atoms with van der Waals surface area (Å²) >= 11 is 5.99. The van der Waals surface area contributed by atoms with E-state index in [1.807, 2.05) is 19.1 Å². The number of carboxylic acids is 1. The molecular formula is C22H25ClO6. The predicted molar refractivity (Wildman–Crippen MR) is 109 cm³/mol. The topological polar surface area (TPSA) is 85.2 Å². The Morgan fingerprint density at radius 2 is 1.93 bits per heavy atom. The molecule has 2 N–H and O–H groups in total. The molecule has 2 aromatic rings. The van der Waals surface area contributed by atoms with Crippen molar-refractivity contribution in [1.82, 2.24) is 0 Å². The molecule has 0 aromatic heterocycles. The van der Waals surface area contributed by atoms with Crippen molar-refractivity contribution in [1.29, 1.82) is 0 Å². The molecule has 0 aliphatic carbocycles. The standard InChI is InChI=1S/C22H25ClO6/c1-15-10-19(6-7-20(15)23)28-14-17(24)13-27-18-5-2-4-16(11-18)12-22(21(25)26)8-3-9-29-22/h2,4-7,10-11,17,24H,3,8-9,12-14H2,1H3,(H,25,26)/t17-,22?/m1/s1. The number of benzene rings is 2. The van der Waals surface area contributed by atoms with Gasteiger partial charge in [0.25, 0.3) is 0 Å². The molecule has 1 saturated heterocycles. The molecule has 0 saturated carbocycles. The first-order valence-electron chi connectivity index (χ1n) is 9.54. The lowest BCUT2D eigenvalue weighted by atomic mass is 9.91. The van der Waals surface area contributed by atoms with Gasteiger partial charge in [-0.15, -0.1) is 0 Å². The lowest BCUT2D eigenvalue weighted by molar-refractivity contribution is -0.159. The van der Waals surface area contributed by atoms with E-state index in [1.54, 1.807) is 30.3 Å². The summed E-state index contributed by atoms with van der Waals surface area (Å²) in [6.45, 7) is 2.47. The minimum atomic E-state index is -1.16. The molecule has 2 atom stereocenters. The highest BCUT2D eigenvalue weighted by Crippen LogP contribution is 2.31. The zero-order valence-corrected chi connectivity index (χ0v) is 17.0. The van der Waals surface area contributed by atoms with Gasteiger partial charge in [0.05, 0.1) is 0 Å². The number of hydrogen-bond acceptors (Lipinski definition) is 5. The average Bonchev–Trinajstić information content (AvgIpc) is 3.17. The Bertz CT molecular complexity index is 847.